The zero-order valence-corrected chi connectivity index (χ0v) is 17.5. The second-order valence-electron chi connectivity index (χ2n) is 6.67. The normalized spacial score (nSPS) is 10.7. The number of anilines is 1. The van der Waals surface area contributed by atoms with Gasteiger partial charge in [-0.25, -0.2) is 5.43 Å². The Kier molecular flexibility index (Phi) is 8.62. The van der Waals surface area contributed by atoms with Crippen molar-refractivity contribution in [3.05, 3.63) is 66.2 Å². The molecule has 0 aliphatic rings. The van der Waals surface area contributed by atoms with Gasteiger partial charge < -0.3 is 14.8 Å². The topological polar surface area (TPSA) is 89.0 Å². The molecule has 30 heavy (non-hydrogen) atoms. The van der Waals surface area contributed by atoms with Crippen LogP contribution in [0, 0.1) is 0 Å². The minimum Gasteiger partial charge on any atom is -0.490 e. The molecule has 0 aliphatic carbocycles. The van der Waals surface area contributed by atoms with Crippen LogP contribution in [0.5, 0.6) is 11.5 Å². The minimum atomic E-state index is -0.866. The smallest absolute Gasteiger partial charge is 0.329 e. The molecule has 2 rings (SSSR count). The van der Waals surface area contributed by atoms with E-state index in [9.17, 15) is 9.59 Å². The minimum absolute atomic E-state index is 0.360. The molecule has 0 atom stereocenters. The third kappa shape index (κ3) is 6.77. The molecule has 2 amide bonds. The van der Waals surface area contributed by atoms with E-state index in [1.54, 1.807) is 36.4 Å². The molecule has 0 aromatic heterocycles. The second kappa shape index (κ2) is 11.4. The number of nitrogens with zero attached hydrogens (tertiary/aromatic N) is 1. The molecule has 7 nitrogen and oxygen atoms in total. The summed E-state index contributed by atoms with van der Waals surface area (Å²) in [5.41, 5.74) is 4.58. The van der Waals surface area contributed by atoms with Crippen molar-refractivity contribution in [1.82, 2.24) is 5.43 Å². The van der Waals surface area contributed by atoms with Gasteiger partial charge in [-0.3, -0.25) is 9.59 Å². The summed E-state index contributed by atoms with van der Waals surface area (Å²) in [7, 11) is 0. The van der Waals surface area contributed by atoms with E-state index in [1.807, 2.05) is 19.1 Å². The summed E-state index contributed by atoms with van der Waals surface area (Å²) < 4.78 is 11.1. The molecule has 0 saturated carbocycles. The average Bonchev–Trinajstić information content (AvgIpc) is 2.73. The molecule has 0 unspecified atom stereocenters. The SMILES string of the molecule is C=CCOc1ccc(C=NNC(=O)C(=O)Nc2ccc(C(C)C)cc2)cc1OCC. The lowest BCUT2D eigenvalue weighted by Gasteiger charge is -2.11. The number of hydrogen-bond acceptors (Lipinski definition) is 5. The van der Waals surface area contributed by atoms with E-state index in [1.165, 1.54) is 6.21 Å². The lowest BCUT2D eigenvalue weighted by atomic mass is 10.0. The molecule has 2 N–H and O–H groups in total. The average molecular weight is 409 g/mol. The first kappa shape index (κ1) is 22.7. The number of amides is 2. The molecule has 2 aromatic rings. The second-order valence-corrected chi connectivity index (χ2v) is 6.67. The van der Waals surface area contributed by atoms with Crippen LogP contribution in [0.15, 0.2) is 60.2 Å². The first-order valence-corrected chi connectivity index (χ1v) is 9.69. The van der Waals surface area contributed by atoms with E-state index < -0.39 is 11.8 Å². The summed E-state index contributed by atoms with van der Waals surface area (Å²) >= 11 is 0. The van der Waals surface area contributed by atoms with Gasteiger partial charge in [-0.1, -0.05) is 38.6 Å². The Morgan fingerprint density at radius 2 is 1.80 bits per heavy atom. The van der Waals surface area contributed by atoms with Crippen LogP contribution in [0.4, 0.5) is 5.69 Å². The lowest BCUT2D eigenvalue weighted by molar-refractivity contribution is -0.136. The molecule has 2 aromatic carbocycles. The van der Waals surface area contributed by atoms with Crippen LogP contribution in [0.25, 0.3) is 0 Å². The molecule has 0 aliphatic heterocycles. The van der Waals surface area contributed by atoms with Crippen molar-refractivity contribution in [1.29, 1.82) is 0 Å². The molecule has 0 radical (unpaired) electrons. The van der Waals surface area contributed by atoms with Crippen molar-refractivity contribution in [2.75, 3.05) is 18.5 Å². The van der Waals surface area contributed by atoms with Crippen LogP contribution in [-0.2, 0) is 9.59 Å². The van der Waals surface area contributed by atoms with Gasteiger partial charge in [0.25, 0.3) is 0 Å². The van der Waals surface area contributed by atoms with Crippen molar-refractivity contribution in [2.45, 2.75) is 26.7 Å². The number of rotatable bonds is 9. The summed E-state index contributed by atoms with van der Waals surface area (Å²) in [6.07, 6.45) is 3.06. The molecular formula is C23H27N3O4. The Labute approximate surface area is 176 Å². The highest BCUT2D eigenvalue weighted by Gasteiger charge is 2.13. The van der Waals surface area contributed by atoms with Crippen molar-refractivity contribution in [2.24, 2.45) is 5.10 Å². The fourth-order valence-corrected chi connectivity index (χ4v) is 2.50. The van der Waals surface area contributed by atoms with Gasteiger partial charge in [0.05, 0.1) is 12.8 Å². The monoisotopic (exact) mass is 409 g/mol. The van der Waals surface area contributed by atoms with Gasteiger partial charge in [0, 0.05) is 5.69 Å². The summed E-state index contributed by atoms with van der Waals surface area (Å²) in [6, 6.07) is 12.6. The van der Waals surface area contributed by atoms with Crippen molar-refractivity contribution in [3.8, 4) is 11.5 Å². The van der Waals surface area contributed by atoms with Gasteiger partial charge in [-0.05, 0) is 54.3 Å². The fraction of sp³-hybridized carbons (Fsp3) is 0.261. The maximum atomic E-state index is 12.0. The zero-order valence-electron chi connectivity index (χ0n) is 17.5. The Morgan fingerprint density at radius 3 is 2.43 bits per heavy atom. The Morgan fingerprint density at radius 1 is 1.07 bits per heavy atom. The fourth-order valence-electron chi connectivity index (χ4n) is 2.50. The maximum Gasteiger partial charge on any atom is 0.329 e. The zero-order chi connectivity index (χ0) is 21.9. The molecule has 0 saturated heterocycles. The lowest BCUT2D eigenvalue weighted by Crippen LogP contribution is -2.32. The van der Waals surface area contributed by atoms with Gasteiger partial charge in [0.2, 0.25) is 0 Å². The summed E-state index contributed by atoms with van der Waals surface area (Å²) in [4.78, 5) is 24.0. The van der Waals surface area contributed by atoms with Crippen LogP contribution < -0.4 is 20.2 Å². The van der Waals surface area contributed by atoms with Gasteiger partial charge >= 0.3 is 11.8 Å². The number of carbonyl (C=O) groups is 2. The first-order chi connectivity index (χ1) is 14.4. The first-order valence-electron chi connectivity index (χ1n) is 9.69. The van der Waals surface area contributed by atoms with Gasteiger partial charge in [-0.2, -0.15) is 5.10 Å². The van der Waals surface area contributed by atoms with Crippen LogP contribution in [0.1, 0.15) is 37.8 Å². The number of nitrogens with one attached hydrogen (secondary N) is 2. The summed E-state index contributed by atoms with van der Waals surface area (Å²) in [6.45, 7) is 10.5. The van der Waals surface area contributed by atoms with Crippen LogP contribution in [-0.4, -0.2) is 31.2 Å². The standard InChI is InChI=1S/C23H27N3O4/c1-5-13-30-20-12-7-17(14-21(20)29-6-2)15-24-26-23(28)22(27)25-19-10-8-18(9-11-19)16(3)4/h5,7-12,14-16H,1,6,13H2,2-4H3,(H,25,27)(H,26,28). The Hall–Kier alpha value is -3.61. The predicted molar refractivity (Wildman–Crippen MR) is 118 cm³/mol. The third-order valence-corrected chi connectivity index (χ3v) is 4.05. The molecule has 0 spiro atoms. The Balaban J connectivity index is 1.94. The van der Waals surface area contributed by atoms with Crippen LogP contribution in [0.3, 0.4) is 0 Å². The van der Waals surface area contributed by atoms with Crippen molar-refractivity contribution >= 4 is 23.7 Å². The highest BCUT2D eigenvalue weighted by Crippen LogP contribution is 2.28. The molecule has 0 fully saturated rings. The maximum absolute atomic E-state index is 12.0. The number of carbonyl (C=O) groups excluding carboxylic acids is 2. The van der Waals surface area contributed by atoms with Crippen molar-refractivity contribution < 1.29 is 19.1 Å². The Bertz CT molecular complexity index is 905. The number of benzene rings is 2. The van der Waals surface area contributed by atoms with E-state index in [-0.39, 0.29) is 0 Å². The highest BCUT2D eigenvalue weighted by atomic mass is 16.5. The predicted octanol–water partition coefficient (Wildman–Crippen LogP) is 3.86. The van der Waals surface area contributed by atoms with E-state index >= 15 is 0 Å². The third-order valence-electron chi connectivity index (χ3n) is 4.05. The quantitative estimate of drug-likeness (QED) is 0.285. The largest absolute Gasteiger partial charge is 0.490 e. The van der Waals surface area contributed by atoms with Gasteiger partial charge in [0.1, 0.15) is 6.61 Å². The summed E-state index contributed by atoms with van der Waals surface area (Å²) in [5.74, 6) is -0.140. The van der Waals surface area contributed by atoms with Crippen LogP contribution >= 0.6 is 0 Å². The molecule has 158 valence electrons. The highest BCUT2D eigenvalue weighted by molar-refractivity contribution is 6.39. The van der Waals surface area contributed by atoms with E-state index in [0.29, 0.717) is 41.9 Å². The van der Waals surface area contributed by atoms with Crippen LogP contribution in [0.2, 0.25) is 0 Å². The van der Waals surface area contributed by atoms with Crippen molar-refractivity contribution in [3.63, 3.8) is 0 Å². The van der Waals surface area contributed by atoms with Gasteiger partial charge in [-0.15, -0.1) is 0 Å². The molecule has 0 heterocycles. The number of hydrogen-bond donors (Lipinski definition) is 2. The number of ether oxygens (including phenoxy) is 2. The van der Waals surface area contributed by atoms with E-state index in [2.05, 4.69) is 36.3 Å². The molecular weight excluding hydrogens is 382 g/mol. The number of hydrazone groups is 1. The molecule has 0 bridgehead atoms. The van der Waals surface area contributed by atoms with Gasteiger partial charge in [0.15, 0.2) is 11.5 Å². The summed E-state index contributed by atoms with van der Waals surface area (Å²) in [5, 5.41) is 6.38. The van der Waals surface area contributed by atoms with E-state index in [0.717, 1.165) is 5.56 Å². The molecule has 7 heteroatoms. The van der Waals surface area contributed by atoms with E-state index in [4.69, 9.17) is 9.47 Å².